The van der Waals surface area contributed by atoms with Gasteiger partial charge in [0.15, 0.2) is 0 Å². The Morgan fingerprint density at radius 2 is 0.708 bits per heavy atom. The summed E-state index contributed by atoms with van der Waals surface area (Å²) in [5.41, 5.74) is 9.59. The fourth-order valence-electron chi connectivity index (χ4n) is 8.89. The van der Waals surface area contributed by atoms with Crippen molar-refractivity contribution in [1.29, 1.82) is 0 Å². The van der Waals surface area contributed by atoms with Crippen LogP contribution in [-0.2, 0) is 0 Å². The van der Waals surface area contributed by atoms with Crippen molar-refractivity contribution in [2.75, 3.05) is 0 Å². The van der Waals surface area contributed by atoms with Crippen LogP contribution < -0.4 is 0 Å². The minimum Gasteiger partial charge on any atom is -0.125 e. The van der Waals surface area contributed by atoms with Gasteiger partial charge in [0.05, 0.1) is 0 Å². The summed E-state index contributed by atoms with van der Waals surface area (Å²) in [6, 6.07) is 47.5. The van der Waals surface area contributed by atoms with E-state index in [9.17, 15) is 0 Å². The van der Waals surface area contributed by atoms with Gasteiger partial charge in [-0.2, -0.15) is 0 Å². The first-order valence-electron chi connectivity index (χ1n) is 17.5. The first-order valence-corrected chi connectivity index (χ1v) is 19.8. The molecule has 48 heavy (non-hydrogen) atoms. The van der Waals surface area contributed by atoms with E-state index in [2.05, 4.69) is 180 Å². The molecule has 0 amide bonds. The smallest absolute Gasteiger partial charge is 0.125 e. The summed E-state index contributed by atoms with van der Waals surface area (Å²) < 4.78 is 0. The SMILES string of the molecule is CC(C)[Si](C#Cc1c2cc3ccccc3cc2c(-c2c3ccccc3cc3ccccc23)c2cc3ccccc3cc12)(C(C)C)C(C)C. The lowest BCUT2D eigenvalue weighted by atomic mass is 9.83. The minimum absolute atomic E-state index is 0.561. The van der Waals surface area contributed by atoms with Gasteiger partial charge in [0, 0.05) is 5.56 Å². The molecule has 0 heterocycles. The second-order valence-electron chi connectivity index (χ2n) is 14.6. The van der Waals surface area contributed by atoms with Crippen LogP contribution in [0.3, 0.4) is 0 Å². The van der Waals surface area contributed by atoms with Gasteiger partial charge < -0.3 is 0 Å². The van der Waals surface area contributed by atoms with Crippen LogP contribution in [0.15, 0.2) is 127 Å². The van der Waals surface area contributed by atoms with Crippen LogP contribution in [0.25, 0.3) is 75.8 Å². The van der Waals surface area contributed by atoms with Crippen molar-refractivity contribution in [3.63, 3.8) is 0 Å². The number of hydrogen-bond acceptors (Lipinski definition) is 0. The number of hydrogen-bond donors (Lipinski definition) is 0. The van der Waals surface area contributed by atoms with E-state index in [4.69, 9.17) is 0 Å². The van der Waals surface area contributed by atoms with E-state index in [0.29, 0.717) is 16.6 Å². The van der Waals surface area contributed by atoms with Gasteiger partial charge in [-0.1, -0.05) is 145 Å². The average Bonchev–Trinajstić information content (AvgIpc) is 3.09. The largest absolute Gasteiger partial charge is 0.146 e. The molecule has 0 bridgehead atoms. The quantitative estimate of drug-likeness (QED) is 0.103. The lowest BCUT2D eigenvalue weighted by Crippen LogP contribution is -2.43. The molecule has 0 unspecified atom stereocenters. The van der Waals surface area contributed by atoms with Crippen molar-refractivity contribution in [3.8, 4) is 22.6 Å². The molecular weight excluding hydrogens is 593 g/mol. The summed E-state index contributed by atoms with van der Waals surface area (Å²) in [6.07, 6.45) is 0. The molecule has 0 aromatic heterocycles. The highest BCUT2D eigenvalue weighted by molar-refractivity contribution is 6.90. The molecule has 0 fully saturated rings. The van der Waals surface area contributed by atoms with Crippen LogP contribution >= 0.6 is 0 Å². The Balaban J connectivity index is 1.65. The Morgan fingerprint density at radius 1 is 0.375 bits per heavy atom. The summed E-state index contributed by atoms with van der Waals surface area (Å²) in [7, 11) is -2.00. The summed E-state index contributed by atoms with van der Waals surface area (Å²) >= 11 is 0. The molecule has 0 spiro atoms. The molecule has 0 aliphatic carbocycles. The third-order valence-electron chi connectivity index (χ3n) is 11.1. The first-order chi connectivity index (χ1) is 23.3. The Bertz CT molecular complexity index is 2440. The number of rotatable bonds is 4. The van der Waals surface area contributed by atoms with Crippen LogP contribution in [0.1, 0.15) is 47.1 Å². The van der Waals surface area contributed by atoms with Crippen molar-refractivity contribution < 1.29 is 0 Å². The van der Waals surface area contributed by atoms with Gasteiger partial charge in [-0.3, -0.25) is 0 Å². The van der Waals surface area contributed by atoms with E-state index in [1.807, 2.05) is 0 Å². The molecule has 0 radical (unpaired) electrons. The third kappa shape index (κ3) is 4.66. The van der Waals surface area contributed by atoms with Crippen LogP contribution in [0.4, 0.5) is 0 Å². The van der Waals surface area contributed by atoms with Gasteiger partial charge in [0.2, 0.25) is 0 Å². The van der Waals surface area contributed by atoms with Gasteiger partial charge >= 0.3 is 0 Å². The van der Waals surface area contributed by atoms with E-state index in [0.717, 1.165) is 0 Å². The highest BCUT2D eigenvalue weighted by Gasteiger charge is 2.41. The summed E-state index contributed by atoms with van der Waals surface area (Å²) in [5.74, 6) is 4.01. The fourth-order valence-corrected chi connectivity index (χ4v) is 14.1. The fraction of sp³-hybridized carbons (Fsp3) is 0.191. The molecule has 0 aliphatic rings. The van der Waals surface area contributed by atoms with Crippen LogP contribution in [-0.4, -0.2) is 8.07 Å². The second-order valence-corrected chi connectivity index (χ2v) is 20.2. The Hall–Kier alpha value is -4.90. The second kappa shape index (κ2) is 11.7. The lowest BCUT2D eigenvalue weighted by molar-refractivity contribution is 0.838. The molecule has 8 aromatic carbocycles. The minimum atomic E-state index is -2.00. The zero-order chi connectivity index (χ0) is 33.2. The Labute approximate surface area is 285 Å². The molecule has 0 atom stereocenters. The highest BCUT2D eigenvalue weighted by atomic mass is 28.3. The van der Waals surface area contributed by atoms with Crippen LogP contribution in [0, 0.1) is 11.5 Å². The van der Waals surface area contributed by atoms with Crippen molar-refractivity contribution >= 4 is 72.7 Å². The van der Waals surface area contributed by atoms with E-state index < -0.39 is 8.07 Å². The maximum Gasteiger partial charge on any atom is 0.146 e. The Kier molecular flexibility index (Phi) is 7.39. The van der Waals surface area contributed by atoms with Gasteiger partial charge in [0.1, 0.15) is 8.07 Å². The molecule has 0 nitrogen and oxygen atoms in total. The van der Waals surface area contributed by atoms with E-state index >= 15 is 0 Å². The number of benzene rings is 8. The Morgan fingerprint density at radius 3 is 1.10 bits per heavy atom. The van der Waals surface area contributed by atoms with Gasteiger partial charge in [-0.15, -0.1) is 5.54 Å². The molecule has 8 rings (SSSR count). The lowest BCUT2D eigenvalue weighted by Gasteiger charge is -2.38. The number of fused-ring (bicyclic) bond motifs is 6. The summed E-state index contributed by atoms with van der Waals surface area (Å²) in [5, 5.41) is 15.1. The third-order valence-corrected chi connectivity index (χ3v) is 17.4. The van der Waals surface area contributed by atoms with Crippen LogP contribution in [0.5, 0.6) is 0 Å². The molecule has 0 N–H and O–H groups in total. The molecule has 0 saturated heterocycles. The average molecular weight is 635 g/mol. The molecule has 8 aromatic rings. The summed E-state index contributed by atoms with van der Waals surface area (Å²) in [4.78, 5) is 0. The maximum atomic E-state index is 4.14. The van der Waals surface area contributed by atoms with E-state index in [1.165, 1.54) is 81.3 Å². The molecule has 0 saturated carbocycles. The molecule has 0 aliphatic heterocycles. The monoisotopic (exact) mass is 634 g/mol. The zero-order valence-corrected chi connectivity index (χ0v) is 29.9. The van der Waals surface area contributed by atoms with Crippen molar-refractivity contribution in [2.45, 2.75) is 58.2 Å². The van der Waals surface area contributed by atoms with Crippen molar-refractivity contribution in [3.05, 3.63) is 133 Å². The standard InChI is InChI=1S/C47H42Si/c1-30(2)48(31(3)4,32(5)6)24-23-41-42-26-33-15-7-9-17-35(33)28-44(42)47(45-29-36-18-10-8-16-34(36)27-43(41)45)46-39-21-13-11-19-37(39)25-38-20-12-14-22-40(38)46/h7-22,25-32H,1-6H3. The zero-order valence-electron chi connectivity index (χ0n) is 28.9. The summed E-state index contributed by atoms with van der Waals surface area (Å²) in [6.45, 7) is 14.5. The molecule has 1 heteroatoms. The molecule has 234 valence electrons. The van der Waals surface area contributed by atoms with Crippen molar-refractivity contribution in [2.24, 2.45) is 0 Å². The molecular formula is C47H42Si. The predicted octanol–water partition coefficient (Wildman–Crippen LogP) is 13.8. The van der Waals surface area contributed by atoms with E-state index in [1.54, 1.807) is 0 Å². The van der Waals surface area contributed by atoms with Gasteiger partial charge in [0.25, 0.3) is 0 Å². The van der Waals surface area contributed by atoms with Crippen molar-refractivity contribution in [1.82, 2.24) is 0 Å². The highest BCUT2D eigenvalue weighted by Crippen LogP contribution is 2.47. The maximum absolute atomic E-state index is 4.14. The van der Waals surface area contributed by atoms with E-state index in [-0.39, 0.29) is 0 Å². The topological polar surface area (TPSA) is 0 Å². The van der Waals surface area contributed by atoms with Gasteiger partial charge in [-0.05, 0) is 123 Å². The predicted molar refractivity (Wildman–Crippen MR) is 215 cm³/mol. The van der Waals surface area contributed by atoms with Crippen LogP contribution in [0.2, 0.25) is 16.6 Å². The normalized spacial score (nSPS) is 12.4. The first kappa shape index (κ1) is 30.4. The van der Waals surface area contributed by atoms with Gasteiger partial charge in [-0.25, -0.2) is 0 Å².